The Labute approximate surface area is 169 Å². The van der Waals surface area contributed by atoms with Gasteiger partial charge in [0.15, 0.2) is 0 Å². The van der Waals surface area contributed by atoms with Crippen molar-refractivity contribution in [1.82, 2.24) is 15.0 Å². The van der Waals surface area contributed by atoms with Gasteiger partial charge >= 0.3 is 0 Å². The fraction of sp³-hybridized carbons (Fsp3) is 0.238. The van der Waals surface area contributed by atoms with Crippen molar-refractivity contribution >= 4 is 29.0 Å². The number of rotatable bonds is 6. The number of amides is 1. The van der Waals surface area contributed by atoms with Crippen molar-refractivity contribution in [2.75, 3.05) is 41.8 Å². The van der Waals surface area contributed by atoms with E-state index in [1.807, 2.05) is 30.3 Å². The molecule has 0 atom stereocenters. The monoisotopic (exact) mass is 390 g/mol. The molecule has 2 N–H and O–H groups in total. The SMILES string of the molecule is O=C(Cc1ccccn1)Nc1ccnc(Nc2ccc(N3CCOCC3)cc2)n1. The van der Waals surface area contributed by atoms with Gasteiger partial charge < -0.3 is 20.3 Å². The molecular weight excluding hydrogens is 368 g/mol. The number of benzene rings is 1. The molecule has 3 aromatic rings. The first-order chi connectivity index (χ1) is 14.3. The quantitative estimate of drug-likeness (QED) is 0.668. The van der Waals surface area contributed by atoms with Crippen LogP contribution in [0.1, 0.15) is 5.69 Å². The second-order valence-corrected chi connectivity index (χ2v) is 6.58. The fourth-order valence-corrected chi connectivity index (χ4v) is 3.05. The second kappa shape index (κ2) is 9.11. The van der Waals surface area contributed by atoms with Crippen molar-refractivity contribution in [1.29, 1.82) is 0 Å². The Morgan fingerprint density at radius 3 is 2.59 bits per heavy atom. The van der Waals surface area contributed by atoms with Crippen molar-refractivity contribution in [2.45, 2.75) is 6.42 Å². The zero-order valence-electron chi connectivity index (χ0n) is 15.9. The van der Waals surface area contributed by atoms with Crippen LogP contribution in [0.3, 0.4) is 0 Å². The number of morpholine rings is 1. The average Bonchev–Trinajstić information content (AvgIpc) is 2.76. The van der Waals surface area contributed by atoms with Crippen molar-refractivity contribution in [3.05, 3.63) is 66.6 Å². The molecule has 4 rings (SSSR count). The van der Waals surface area contributed by atoms with E-state index in [1.54, 1.807) is 18.5 Å². The van der Waals surface area contributed by atoms with E-state index in [-0.39, 0.29) is 12.3 Å². The molecule has 0 saturated carbocycles. The van der Waals surface area contributed by atoms with Crippen LogP contribution in [0, 0.1) is 0 Å². The third-order valence-electron chi connectivity index (χ3n) is 4.49. The molecule has 3 heterocycles. The van der Waals surface area contributed by atoms with Crippen LogP contribution in [0.2, 0.25) is 0 Å². The van der Waals surface area contributed by atoms with Gasteiger partial charge in [-0.3, -0.25) is 9.78 Å². The van der Waals surface area contributed by atoms with Gasteiger partial charge in [-0.2, -0.15) is 4.98 Å². The van der Waals surface area contributed by atoms with Gasteiger partial charge in [0.25, 0.3) is 0 Å². The lowest BCUT2D eigenvalue weighted by Crippen LogP contribution is -2.36. The van der Waals surface area contributed by atoms with Crippen LogP contribution in [0.5, 0.6) is 0 Å². The Hall–Kier alpha value is -3.52. The Morgan fingerprint density at radius 1 is 1.00 bits per heavy atom. The summed E-state index contributed by atoms with van der Waals surface area (Å²) in [6, 6.07) is 15.2. The normalized spacial score (nSPS) is 13.7. The van der Waals surface area contributed by atoms with Gasteiger partial charge in [0.1, 0.15) is 5.82 Å². The minimum absolute atomic E-state index is 0.178. The third kappa shape index (κ3) is 5.26. The van der Waals surface area contributed by atoms with Crippen LogP contribution >= 0.6 is 0 Å². The maximum Gasteiger partial charge on any atom is 0.231 e. The number of ether oxygens (including phenoxy) is 1. The van der Waals surface area contributed by atoms with E-state index in [2.05, 4.69) is 42.6 Å². The van der Waals surface area contributed by atoms with Crippen LogP contribution in [0.25, 0.3) is 0 Å². The van der Waals surface area contributed by atoms with Gasteiger partial charge in [0.05, 0.1) is 19.6 Å². The van der Waals surface area contributed by atoms with Crippen LogP contribution < -0.4 is 15.5 Å². The van der Waals surface area contributed by atoms with Gasteiger partial charge in [0, 0.05) is 42.6 Å². The van der Waals surface area contributed by atoms with Crippen LogP contribution in [0.15, 0.2) is 60.9 Å². The van der Waals surface area contributed by atoms with E-state index in [0.717, 1.165) is 37.7 Å². The van der Waals surface area contributed by atoms with Gasteiger partial charge in [-0.1, -0.05) is 6.07 Å². The second-order valence-electron chi connectivity index (χ2n) is 6.58. The first-order valence-corrected chi connectivity index (χ1v) is 9.49. The zero-order valence-corrected chi connectivity index (χ0v) is 15.9. The Balaban J connectivity index is 1.36. The number of nitrogens with zero attached hydrogens (tertiary/aromatic N) is 4. The number of anilines is 4. The van der Waals surface area contributed by atoms with E-state index in [4.69, 9.17) is 4.74 Å². The lowest BCUT2D eigenvalue weighted by Gasteiger charge is -2.28. The predicted molar refractivity (Wildman–Crippen MR) is 111 cm³/mol. The van der Waals surface area contributed by atoms with E-state index < -0.39 is 0 Å². The van der Waals surface area contributed by atoms with Crippen molar-refractivity contribution in [3.8, 4) is 0 Å². The molecule has 0 unspecified atom stereocenters. The molecule has 1 aliphatic rings. The summed E-state index contributed by atoms with van der Waals surface area (Å²) in [7, 11) is 0. The minimum atomic E-state index is -0.178. The van der Waals surface area contributed by atoms with Gasteiger partial charge in [-0.05, 0) is 42.5 Å². The summed E-state index contributed by atoms with van der Waals surface area (Å²) in [6.45, 7) is 3.31. The molecule has 8 nitrogen and oxygen atoms in total. The lowest BCUT2D eigenvalue weighted by atomic mass is 10.2. The largest absolute Gasteiger partial charge is 0.378 e. The molecule has 0 aliphatic carbocycles. The summed E-state index contributed by atoms with van der Waals surface area (Å²) in [4.78, 5) is 27.2. The molecule has 1 amide bonds. The summed E-state index contributed by atoms with van der Waals surface area (Å²) in [5.74, 6) is 0.677. The number of hydrogen-bond acceptors (Lipinski definition) is 7. The summed E-state index contributed by atoms with van der Waals surface area (Å²) >= 11 is 0. The minimum Gasteiger partial charge on any atom is -0.378 e. The predicted octanol–water partition coefficient (Wildman–Crippen LogP) is 2.63. The third-order valence-corrected chi connectivity index (χ3v) is 4.49. The highest BCUT2D eigenvalue weighted by atomic mass is 16.5. The number of hydrogen-bond donors (Lipinski definition) is 2. The molecule has 0 bridgehead atoms. The number of nitrogens with one attached hydrogen (secondary N) is 2. The molecule has 148 valence electrons. The molecule has 29 heavy (non-hydrogen) atoms. The Bertz CT molecular complexity index is 943. The zero-order chi connectivity index (χ0) is 19.9. The summed E-state index contributed by atoms with van der Waals surface area (Å²) in [5.41, 5.74) is 2.74. The van der Waals surface area contributed by atoms with Crippen molar-refractivity contribution in [2.24, 2.45) is 0 Å². The van der Waals surface area contributed by atoms with Crippen LogP contribution in [0.4, 0.5) is 23.1 Å². The highest BCUT2D eigenvalue weighted by molar-refractivity contribution is 5.91. The number of carbonyl (C=O) groups excluding carboxylic acids is 1. The lowest BCUT2D eigenvalue weighted by molar-refractivity contribution is -0.115. The molecule has 1 aliphatic heterocycles. The van der Waals surface area contributed by atoms with E-state index in [0.29, 0.717) is 17.5 Å². The van der Waals surface area contributed by atoms with Gasteiger partial charge in [-0.25, -0.2) is 4.98 Å². The Morgan fingerprint density at radius 2 is 1.83 bits per heavy atom. The molecule has 1 fully saturated rings. The van der Waals surface area contributed by atoms with Gasteiger partial charge in [-0.15, -0.1) is 0 Å². The molecule has 1 aromatic carbocycles. The highest BCUT2D eigenvalue weighted by Gasteiger charge is 2.11. The number of pyridine rings is 1. The van der Waals surface area contributed by atoms with Gasteiger partial charge in [0.2, 0.25) is 11.9 Å². The number of aromatic nitrogens is 3. The first kappa shape index (κ1) is 18.8. The summed E-state index contributed by atoms with van der Waals surface area (Å²) < 4.78 is 5.39. The van der Waals surface area contributed by atoms with E-state index >= 15 is 0 Å². The van der Waals surface area contributed by atoms with Crippen LogP contribution in [-0.4, -0.2) is 47.2 Å². The Kier molecular flexibility index (Phi) is 5.92. The fourth-order valence-electron chi connectivity index (χ4n) is 3.05. The van der Waals surface area contributed by atoms with Crippen LogP contribution in [-0.2, 0) is 16.0 Å². The molecule has 2 aromatic heterocycles. The van der Waals surface area contributed by atoms with Crippen molar-refractivity contribution in [3.63, 3.8) is 0 Å². The van der Waals surface area contributed by atoms with E-state index in [1.165, 1.54) is 0 Å². The maximum absolute atomic E-state index is 12.2. The topological polar surface area (TPSA) is 92.3 Å². The average molecular weight is 390 g/mol. The summed E-state index contributed by atoms with van der Waals surface area (Å²) in [6.07, 6.45) is 3.46. The molecular formula is C21H22N6O2. The highest BCUT2D eigenvalue weighted by Crippen LogP contribution is 2.21. The standard InChI is InChI=1S/C21H22N6O2/c28-20(15-17-3-1-2-9-22-17)25-19-8-10-23-21(26-19)24-16-4-6-18(7-5-16)27-11-13-29-14-12-27/h1-10H,11-15H2,(H2,23,24,25,26,28). The van der Waals surface area contributed by atoms with Crippen molar-refractivity contribution < 1.29 is 9.53 Å². The molecule has 0 radical (unpaired) electrons. The number of carbonyl (C=O) groups is 1. The smallest absolute Gasteiger partial charge is 0.231 e. The molecule has 8 heteroatoms. The molecule has 0 spiro atoms. The maximum atomic E-state index is 12.2. The molecule has 1 saturated heterocycles. The van der Waals surface area contributed by atoms with E-state index in [9.17, 15) is 4.79 Å². The first-order valence-electron chi connectivity index (χ1n) is 9.49. The summed E-state index contributed by atoms with van der Waals surface area (Å²) in [5, 5.41) is 5.95.